The Kier molecular flexibility index (Phi) is 5.51. The van der Waals surface area contributed by atoms with E-state index in [0.717, 1.165) is 0 Å². The first-order chi connectivity index (χ1) is 11.1. The van der Waals surface area contributed by atoms with E-state index in [1.165, 1.54) is 14.2 Å². The number of hydrogen-bond acceptors (Lipinski definition) is 5. The maximum atomic E-state index is 12.1. The second kappa shape index (κ2) is 7.79. The molecule has 0 atom stereocenters. The number of methoxy groups -OCH3 is 2. The van der Waals surface area contributed by atoms with Crippen LogP contribution in [0, 0.1) is 0 Å². The van der Waals surface area contributed by atoms with Crippen LogP contribution in [-0.2, 0) is 4.79 Å². The molecule has 0 aliphatic heterocycles. The molecule has 1 aromatic carbocycles. The van der Waals surface area contributed by atoms with Gasteiger partial charge in [-0.25, -0.2) is 0 Å². The second-order valence-corrected chi connectivity index (χ2v) is 4.54. The molecule has 0 aliphatic carbocycles. The number of aromatic nitrogens is 1. The number of carbonyl (C=O) groups excluding carboxylic acids is 2. The van der Waals surface area contributed by atoms with Crippen molar-refractivity contribution in [2.24, 2.45) is 0 Å². The first kappa shape index (κ1) is 16.3. The molecule has 0 saturated heterocycles. The van der Waals surface area contributed by atoms with Crippen LogP contribution in [0.4, 0.5) is 5.69 Å². The van der Waals surface area contributed by atoms with Gasteiger partial charge in [-0.05, 0) is 30.3 Å². The molecule has 7 nitrogen and oxygen atoms in total. The zero-order valence-electron chi connectivity index (χ0n) is 12.8. The van der Waals surface area contributed by atoms with E-state index >= 15 is 0 Å². The molecule has 0 saturated carbocycles. The van der Waals surface area contributed by atoms with Crippen LogP contribution in [0.15, 0.2) is 42.7 Å². The molecule has 1 aromatic heterocycles. The highest BCUT2D eigenvalue weighted by atomic mass is 16.5. The van der Waals surface area contributed by atoms with Crippen molar-refractivity contribution in [3.05, 3.63) is 48.3 Å². The lowest BCUT2D eigenvalue weighted by atomic mass is 10.2. The number of nitrogens with one attached hydrogen (secondary N) is 2. The Hall–Kier alpha value is -3.09. The Bertz CT molecular complexity index is 689. The average Bonchev–Trinajstić information content (AvgIpc) is 2.59. The number of nitrogens with zero attached hydrogens (tertiary/aromatic N) is 1. The van der Waals surface area contributed by atoms with Gasteiger partial charge < -0.3 is 20.1 Å². The molecule has 0 bridgehead atoms. The number of pyridine rings is 1. The molecule has 0 radical (unpaired) electrons. The molecular weight excluding hydrogens is 298 g/mol. The van der Waals surface area contributed by atoms with E-state index in [4.69, 9.17) is 9.47 Å². The van der Waals surface area contributed by atoms with Crippen molar-refractivity contribution in [2.45, 2.75) is 0 Å². The van der Waals surface area contributed by atoms with E-state index in [9.17, 15) is 9.59 Å². The highest BCUT2D eigenvalue weighted by molar-refractivity contribution is 5.99. The first-order valence-electron chi connectivity index (χ1n) is 6.84. The average molecular weight is 315 g/mol. The highest BCUT2D eigenvalue weighted by Gasteiger charge is 2.12. The molecule has 2 aromatic rings. The zero-order valence-corrected chi connectivity index (χ0v) is 12.8. The Morgan fingerprint density at radius 1 is 1.04 bits per heavy atom. The summed E-state index contributed by atoms with van der Waals surface area (Å²) in [6.45, 7) is -0.143. The van der Waals surface area contributed by atoms with Crippen LogP contribution in [0.2, 0.25) is 0 Å². The normalized spacial score (nSPS) is 9.83. The Balaban J connectivity index is 1.93. The van der Waals surface area contributed by atoms with Gasteiger partial charge in [0, 0.05) is 23.6 Å². The summed E-state index contributed by atoms with van der Waals surface area (Å²) >= 11 is 0. The number of benzene rings is 1. The maximum Gasteiger partial charge on any atom is 0.251 e. The third-order valence-corrected chi connectivity index (χ3v) is 3.02. The fraction of sp³-hybridized carbons (Fsp3) is 0.188. The quantitative estimate of drug-likeness (QED) is 0.842. The van der Waals surface area contributed by atoms with Gasteiger partial charge in [-0.15, -0.1) is 0 Å². The van der Waals surface area contributed by atoms with Crippen molar-refractivity contribution in [2.75, 3.05) is 26.1 Å². The summed E-state index contributed by atoms with van der Waals surface area (Å²) in [6.07, 6.45) is 3.13. The second-order valence-electron chi connectivity index (χ2n) is 4.54. The summed E-state index contributed by atoms with van der Waals surface area (Å²) in [5.41, 5.74) is 0.990. The Morgan fingerprint density at radius 2 is 1.74 bits per heavy atom. The molecular formula is C16H17N3O4. The monoisotopic (exact) mass is 315 g/mol. The number of hydrogen-bond donors (Lipinski definition) is 2. The predicted molar refractivity (Wildman–Crippen MR) is 84.7 cm³/mol. The van der Waals surface area contributed by atoms with Crippen molar-refractivity contribution in [3.63, 3.8) is 0 Å². The van der Waals surface area contributed by atoms with Crippen LogP contribution in [0.5, 0.6) is 11.5 Å². The number of carbonyl (C=O) groups is 2. The number of anilines is 1. The SMILES string of the molecule is COc1ccc(C(=O)NCC(=O)Nc2ccncc2)cc1OC. The maximum absolute atomic E-state index is 12.1. The smallest absolute Gasteiger partial charge is 0.251 e. The van der Waals surface area contributed by atoms with E-state index in [2.05, 4.69) is 15.6 Å². The van der Waals surface area contributed by atoms with E-state index in [1.54, 1.807) is 42.7 Å². The van der Waals surface area contributed by atoms with Gasteiger partial charge in [0.15, 0.2) is 11.5 Å². The van der Waals surface area contributed by atoms with Gasteiger partial charge in [0.1, 0.15) is 0 Å². The van der Waals surface area contributed by atoms with Gasteiger partial charge in [-0.1, -0.05) is 0 Å². The minimum absolute atomic E-state index is 0.143. The molecule has 0 fully saturated rings. The topological polar surface area (TPSA) is 89.5 Å². The van der Waals surface area contributed by atoms with Gasteiger partial charge in [-0.2, -0.15) is 0 Å². The van der Waals surface area contributed by atoms with Gasteiger partial charge in [0.2, 0.25) is 5.91 Å². The standard InChI is InChI=1S/C16H17N3O4/c1-22-13-4-3-11(9-14(13)23-2)16(21)18-10-15(20)19-12-5-7-17-8-6-12/h3-9H,10H2,1-2H3,(H,18,21)(H,17,19,20). The molecule has 2 amide bonds. The van der Waals surface area contributed by atoms with Crippen LogP contribution in [0.3, 0.4) is 0 Å². The summed E-state index contributed by atoms with van der Waals surface area (Å²) in [4.78, 5) is 27.7. The zero-order chi connectivity index (χ0) is 16.7. The van der Waals surface area contributed by atoms with Crippen LogP contribution >= 0.6 is 0 Å². The molecule has 7 heteroatoms. The van der Waals surface area contributed by atoms with Crippen LogP contribution < -0.4 is 20.1 Å². The highest BCUT2D eigenvalue weighted by Crippen LogP contribution is 2.27. The van der Waals surface area contributed by atoms with Gasteiger partial charge in [-0.3, -0.25) is 14.6 Å². The van der Waals surface area contributed by atoms with E-state index in [0.29, 0.717) is 22.7 Å². The third-order valence-electron chi connectivity index (χ3n) is 3.02. The van der Waals surface area contributed by atoms with Crippen molar-refractivity contribution >= 4 is 17.5 Å². The lowest BCUT2D eigenvalue weighted by molar-refractivity contribution is -0.115. The Labute approximate surface area is 133 Å². The number of ether oxygens (including phenoxy) is 2. The summed E-state index contributed by atoms with van der Waals surface area (Å²) < 4.78 is 10.3. The van der Waals surface area contributed by atoms with Crippen molar-refractivity contribution in [3.8, 4) is 11.5 Å². The summed E-state index contributed by atoms with van der Waals surface area (Å²) in [7, 11) is 3.00. The molecule has 120 valence electrons. The fourth-order valence-corrected chi connectivity index (χ4v) is 1.88. The lowest BCUT2D eigenvalue weighted by Crippen LogP contribution is -2.32. The van der Waals surface area contributed by atoms with Crippen LogP contribution in [0.25, 0.3) is 0 Å². The first-order valence-corrected chi connectivity index (χ1v) is 6.84. The predicted octanol–water partition coefficient (Wildman–Crippen LogP) is 1.47. The molecule has 23 heavy (non-hydrogen) atoms. The number of amides is 2. The van der Waals surface area contributed by atoms with Gasteiger partial charge in [0.05, 0.1) is 20.8 Å². The van der Waals surface area contributed by atoms with Crippen LogP contribution in [0.1, 0.15) is 10.4 Å². The minimum Gasteiger partial charge on any atom is -0.493 e. The molecule has 2 rings (SSSR count). The number of rotatable bonds is 6. The van der Waals surface area contributed by atoms with Crippen molar-refractivity contribution < 1.29 is 19.1 Å². The van der Waals surface area contributed by atoms with E-state index in [1.807, 2.05) is 0 Å². The molecule has 0 aliphatic rings. The molecule has 2 N–H and O–H groups in total. The summed E-state index contributed by atoms with van der Waals surface area (Å²) in [5, 5.41) is 5.20. The van der Waals surface area contributed by atoms with Crippen molar-refractivity contribution in [1.29, 1.82) is 0 Å². The Morgan fingerprint density at radius 3 is 2.39 bits per heavy atom. The molecule has 0 unspecified atom stereocenters. The molecule has 0 spiro atoms. The molecule has 1 heterocycles. The lowest BCUT2D eigenvalue weighted by Gasteiger charge is -2.10. The largest absolute Gasteiger partial charge is 0.493 e. The van der Waals surface area contributed by atoms with Gasteiger partial charge >= 0.3 is 0 Å². The fourth-order valence-electron chi connectivity index (χ4n) is 1.88. The summed E-state index contributed by atoms with van der Waals surface area (Å²) in [5.74, 6) is 0.265. The summed E-state index contributed by atoms with van der Waals surface area (Å²) in [6, 6.07) is 8.10. The van der Waals surface area contributed by atoms with E-state index in [-0.39, 0.29) is 18.4 Å². The third kappa shape index (κ3) is 4.44. The van der Waals surface area contributed by atoms with Gasteiger partial charge in [0.25, 0.3) is 5.91 Å². The van der Waals surface area contributed by atoms with E-state index < -0.39 is 0 Å². The van der Waals surface area contributed by atoms with Crippen LogP contribution in [-0.4, -0.2) is 37.6 Å². The van der Waals surface area contributed by atoms with Crippen molar-refractivity contribution in [1.82, 2.24) is 10.3 Å². The minimum atomic E-state index is -0.379.